The second-order valence-electron chi connectivity index (χ2n) is 26.0. The largest absolute Gasteiger partial charge is 0.466 e. The Labute approximate surface area is 519 Å². The lowest BCUT2D eigenvalue weighted by Crippen LogP contribution is -2.45. The van der Waals surface area contributed by atoms with E-state index in [0.29, 0.717) is 25.9 Å². The molecule has 490 valence electrons. The summed E-state index contributed by atoms with van der Waals surface area (Å²) in [5, 5.41) is 23.4. The molecule has 0 aliphatic heterocycles. The van der Waals surface area contributed by atoms with E-state index >= 15 is 0 Å². The van der Waals surface area contributed by atoms with Crippen LogP contribution < -0.4 is 5.32 Å². The molecule has 0 aliphatic rings. The van der Waals surface area contributed by atoms with E-state index in [2.05, 4.69) is 55.6 Å². The van der Waals surface area contributed by atoms with Gasteiger partial charge in [-0.15, -0.1) is 0 Å². The molecule has 0 heterocycles. The van der Waals surface area contributed by atoms with Gasteiger partial charge in [0.05, 0.1) is 25.4 Å². The molecule has 0 spiro atoms. The van der Waals surface area contributed by atoms with Crippen LogP contribution in [0.15, 0.2) is 36.5 Å². The number of hydrogen-bond acceptors (Lipinski definition) is 5. The number of allylic oxidation sites excluding steroid dienone is 6. The maximum Gasteiger partial charge on any atom is 0.305 e. The first-order chi connectivity index (χ1) is 41.0. The first-order valence-electron chi connectivity index (χ1n) is 37.7. The maximum atomic E-state index is 12.6. The van der Waals surface area contributed by atoms with Gasteiger partial charge in [-0.1, -0.05) is 359 Å². The van der Waals surface area contributed by atoms with E-state index in [1.165, 1.54) is 334 Å². The third kappa shape index (κ3) is 69.1. The average Bonchev–Trinajstić information content (AvgIpc) is 3.49. The van der Waals surface area contributed by atoms with Gasteiger partial charge in [-0.25, -0.2) is 0 Å². The summed E-state index contributed by atoms with van der Waals surface area (Å²) in [6.07, 6.45) is 93.5. The van der Waals surface area contributed by atoms with E-state index in [9.17, 15) is 19.8 Å². The van der Waals surface area contributed by atoms with Crippen molar-refractivity contribution in [2.24, 2.45) is 0 Å². The lowest BCUT2D eigenvalue weighted by molar-refractivity contribution is -0.143. The van der Waals surface area contributed by atoms with Gasteiger partial charge in [-0.3, -0.25) is 9.59 Å². The molecule has 6 nitrogen and oxygen atoms in total. The van der Waals surface area contributed by atoms with Crippen molar-refractivity contribution in [3.63, 3.8) is 0 Å². The third-order valence-corrected chi connectivity index (χ3v) is 17.7. The fraction of sp³-hybridized carbons (Fsp3) is 0.896. The summed E-state index contributed by atoms with van der Waals surface area (Å²) in [5.74, 6) is -0.0211. The molecular weight excluding hydrogens is 1020 g/mol. The Balaban J connectivity index is 3.38. The van der Waals surface area contributed by atoms with Gasteiger partial charge < -0.3 is 20.3 Å². The number of nitrogens with one attached hydrogen (secondary N) is 1. The van der Waals surface area contributed by atoms with E-state index < -0.39 is 12.1 Å². The van der Waals surface area contributed by atoms with Crippen LogP contribution in [0, 0.1) is 0 Å². The summed E-state index contributed by atoms with van der Waals surface area (Å²) < 4.78 is 5.51. The van der Waals surface area contributed by atoms with Crippen LogP contribution in [-0.2, 0) is 14.3 Å². The van der Waals surface area contributed by atoms with Crippen molar-refractivity contribution in [1.29, 1.82) is 0 Å². The molecule has 0 aromatic heterocycles. The molecule has 0 aromatic carbocycles. The molecule has 3 N–H and O–H groups in total. The van der Waals surface area contributed by atoms with E-state index in [1.54, 1.807) is 0 Å². The monoisotopic (exact) mass is 1170 g/mol. The number of aliphatic hydroxyl groups is 2. The lowest BCUT2D eigenvalue weighted by Gasteiger charge is -2.22. The Morgan fingerprint density at radius 3 is 0.952 bits per heavy atom. The van der Waals surface area contributed by atoms with Crippen LogP contribution in [0.5, 0.6) is 0 Å². The number of esters is 1. The fourth-order valence-electron chi connectivity index (χ4n) is 11.9. The first-order valence-corrected chi connectivity index (χ1v) is 37.7. The van der Waals surface area contributed by atoms with Gasteiger partial charge in [0.1, 0.15) is 0 Å². The summed E-state index contributed by atoms with van der Waals surface area (Å²) in [6, 6.07) is -0.544. The molecule has 0 bridgehead atoms. The van der Waals surface area contributed by atoms with Crippen molar-refractivity contribution >= 4 is 11.9 Å². The van der Waals surface area contributed by atoms with E-state index in [0.717, 1.165) is 51.4 Å². The van der Waals surface area contributed by atoms with Crippen LogP contribution in [0.3, 0.4) is 0 Å². The van der Waals surface area contributed by atoms with Gasteiger partial charge in [0, 0.05) is 12.8 Å². The molecule has 0 fully saturated rings. The van der Waals surface area contributed by atoms with E-state index in [4.69, 9.17) is 4.74 Å². The van der Waals surface area contributed by atoms with Gasteiger partial charge in [-0.2, -0.15) is 0 Å². The first kappa shape index (κ1) is 81.1. The second kappa shape index (κ2) is 72.6. The molecule has 83 heavy (non-hydrogen) atoms. The van der Waals surface area contributed by atoms with Crippen LogP contribution in [0.4, 0.5) is 0 Å². The highest BCUT2D eigenvalue weighted by Crippen LogP contribution is 2.19. The molecule has 0 aromatic rings. The topological polar surface area (TPSA) is 95.9 Å². The van der Waals surface area contributed by atoms with Crippen molar-refractivity contribution in [3.05, 3.63) is 36.5 Å². The summed E-state index contributed by atoms with van der Waals surface area (Å²) in [5.41, 5.74) is 0. The Hall–Kier alpha value is -1.92. The maximum absolute atomic E-state index is 12.6. The highest BCUT2D eigenvalue weighted by atomic mass is 16.5. The quantitative estimate of drug-likeness (QED) is 0.0320. The number of carbonyl (C=O) groups excluding carboxylic acids is 2. The summed E-state index contributed by atoms with van der Waals surface area (Å²) in [7, 11) is 0. The predicted molar refractivity (Wildman–Crippen MR) is 366 cm³/mol. The molecule has 2 atom stereocenters. The minimum absolute atomic E-state index is 0.0114. The molecule has 0 radical (unpaired) electrons. The molecule has 1 amide bonds. The van der Waals surface area contributed by atoms with Crippen LogP contribution in [0.1, 0.15) is 418 Å². The minimum Gasteiger partial charge on any atom is -0.466 e. The molecule has 0 saturated carbocycles. The van der Waals surface area contributed by atoms with Gasteiger partial charge >= 0.3 is 5.97 Å². The zero-order chi connectivity index (χ0) is 59.9. The number of carbonyl (C=O) groups is 2. The Bertz CT molecular complexity index is 1340. The van der Waals surface area contributed by atoms with Gasteiger partial charge in [0.2, 0.25) is 5.91 Å². The Morgan fingerprint density at radius 1 is 0.337 bits per heavy atom. The van der Waals surface area contributed by atoms with Crippen LogP contribution >= 0.6 is 0 Å². The van der Waals surface area contributed by atoms with E-state index in [-0.39, 0.29) is 18.5 Å². The summed E-state index contributed by atoms with van der Waals surface area (Å²) in [6.45, 7) is 4.97. The van der Waals surface area contributed by atoms with Crippen molar-refractivity contribution < 1.29 is 24.5 Å². The number of unbranched alkanes of at least 4 members (excludes halogenated alkanes) is 54. The zero-order valence-corrected chi connectivity index (χ0v) is 56.2. The van der Waals surface area contributed by atoms with Crippen LogP contribution in [-0.4, -0.2) is 47.4 Å². The molecule has 2 unspecified atom stereocenters. The molecule has 0 rings (SSSR count). The minimum atomic E-state index is -0.667. The molecule has 6 heteroatoms. The average molecular weight is 1170 g/mol. The standard InChI is InChI=1S/C77H147NO5/c1-3-5-7-9-11-13-15-17-19-21-23-30-34-37-41-45-49-53-57-61-65-69-75(80)74(73-79)78-76(81)70-66-62-58-54-50-46-42-38-35-31-28-26-24-25-27-29-32-36-40-44-48-52-56-60-64-68-72-83-77(82)71-67-63-59-55-51-47-43-39-33-22-20-18-16-14-12-10-8-6-4-2/h12,14,18,20,24,26,74-75,79-80H,3-11,13,15-17,19,21-23,25,27-73H2,1-2H3,(H,78,81)/b14-12-,20-18-,26-24-. The van der Waals surface area contributed by atoms with Gasteiger partial charge in [-0.05, 0) is 83.5 Å². The highest BCUT2D eigenvalue weighted by Gasteiger charge is 2.20. The third-order valence-electron chi connectivity index (χ3n) is 17.7. The molecule has 0 aliphatic carbocycles. The zero-order valence-electron chi connectivity index (χ0n) is 56.2. The van der Waals surface area contributed by atoms with Crippen LogP contribution in [0.25, 0.3) is 0 Å². The number of rotatable bonds is 71. The van der Waals surface area contributed by atoms with Crippen molar-refractivity contribution in [3.8, 4) is 0 Å². The normalized spacial score (nSPS) is 12.7. The number of hydrogen-bond donors (Lipinski definition) is 3. The number of ether oxygens (including phenoxy) is 1. The smallest absolute Gasteiger partial charge is 0.305 e. The van der Waals surface area contributed by atoms with Crippen molar-refractivity contribution in [2.75, 3.05) is 13.2 Å². The summed E-state index contributed by atoms with van der Waals surface area (Å²) >= 11 is 0. The molecule has 0 saturated heterocycles. The highest BCUT2D eigenvalue weighted by molar-refractivity contribution is 5.76. The Kier molecular flexibility index (Phi) is 70.9. The van der Waals surface area contributed by atoms with Gasteiger partial charge in [0.25, 0.3) is 0 Å². The Morgan fingerprint density at radius 2 is 0.602 bits per heavy atom. The van der Waals surface area contributed by atoms with Crippen molar-refractivity contribution in [2.45, 2.75) is 431 Å². The number of aliphatic hydroxyl groups excluding tert-OH is 2. The van der Waals surface area contributed by atoms with E-state index in [1.807, 2.05) is 0 Å². The fourth-order valence-corrected chi connectivity index (χ4v) is 11.9. The lowest BCUT2D eigenvalue weighted by atomic mass is 10.0. The SMILES string of the molecule is CCCCC/C=C\C/C=C\CCCCCCCCCCCC(=O)OCCCCCCCCCCCCCC/C=C\CCCCCCCCCCCCC(=O)NC(CO)C(O)CCCCCCCCCCCCCCCCCCCCCCC. The number of amides is 1. The predicted octanol–water partition coefficient (Wildman–Crippen LogP) is 24.7. The van der Waals surface area contributed by atoms with Crippen LogP contribution in [0.2, 0.25) is 0 Å². The van der Waals surface area contributed by atoms with Crippen molar-refractivity contribution in [1.82, 2.24) is 5.32 Å². The second-order valence-corrected chi connectivity index (χ2v) is 26.0. The van der Waals surface area contributed by atoms with Gasteiger partial charge in [0.15, 0.2) is 0 Å². The molecular formula is C77H147NO5. The summed E-state index contributed by atoms with van der Waals surface area (Å²) in [4.78, 5) is 24.7.